The van der Waals surface area contributed by atoms with Crippen LogP contribution in [0.3, 0.4) is 0 Å². The smallest absolute Gasteiger partial charge is 0.253 e. The molecule has 31 heavy (non-hydrogen) atoms. The number of hydrogen-bond donors (Lipinski definition) is 2. The molecule has 0 saturated carbocycles. The Labute approximate surface area is 182 Å². The molecule has 1 aromatic heterocycles. The number of aryl methyl sites for hydroxylation is 1. The average molecular weight is 414 g/mol. The van der Waals surface area contributed by atoms with Crippen molar-refractivity contribution >= 4 is 22.3 Å². The highest BCUT2D eigenvalue weighted by Crippen LogP contribution is 2.28. The number of anilines is 2. The summed E-state index contributed by atoms with van der Waals surface area (Å²) in [5.41, 5.74) is 7.06. The van der Waals surface area contributed by atoms with Crippen LogP contribution in [0.25, 0.3) is 10.9 Å². The molecule has 6 heteroatoms. The molecule has 5 rings (SSSR count). The Balaban J connectivity index is 1.28. The maximum atomic E-state index is 12.5. The number of H-pyrrole nitrogens is 1. The van der Waals surface area contributed by atoms with Gasteiger partial charge in [-0.25, -0.2) is 0 Å². The summed E-state index contributed by atoms with van der Waals surface area (Å²) in [5.74, 6) is 0. The van der Waals surface area contributed by atoms with Crippen molar-refractivity contribution in [2.45, 2.75) is 26.3 Å². The van der Waals surface area contributed by atoms with Crippen LogP contribution in [-0.2, 0) is 13.0 Å². The van der Waals surface area contributed by atoms with Gasteiger partial charge in [0.1, 0.15) is 0 Å². The molecule has 1 saturated heterocycles. The molecule has 3 heterocycles. The molecule has 2 aliphatic heterocycles. The third-order valence-corrected chi connectivity index (χ3v) is 6.56. The quantitative estimate of drug-likeness (QED) is 0.688. The van der Waals surface area contributed by atoms with E-state index < -0.39 is 0 Å². The lowest BCUT2D eigenvalue weighted by molar-refractivity contribution is 0.250. The predicted molar refractivity (Wildman–Crippen MR) is 125 cm³/mol. The molecule has 0 atom stereocenters. The number of aromatic nitrogens is 1. The first-order valence-corrected chi connectivity index (χ1v) is 11.0. The fraction of sp³-hybridized carbons (Fsp3) is 0.360. The molecule has 3 aromatic rings. The van der Waals surface area contributed by atoms with Gasteiger partial charge in [0.15, 0.2) is 0 Å². The fourth-order valence-electron chi connectivity index (χ4n) is 4.80. The Morgan fingerprint density at radius 1 is 1.10 bits per heavy atom. The summed E-state index contributed by atoms with van der Waals surface area (Å²) in [6.45, 7) is 7.70. The maximum Gasteiger partial charge on any atom is 0.253 e. The first-order chi connectivity index (χ1) is 15.1. The van der Waals surface area contributed by atoms with Crippen LogP contribution in [-0.4, -0.2) is 42.6 Å². The van der Waals surface area contributed by atoms with Crippen LogP contribution < -0.4 is 15.8 Å². The van der Waals surface area contributed by atoms with E-state index in [1.165, 1.54) is 11.3 Å². The Morgan fingerprint density at radius 2 is 1.94 bits per heavy atom. The monoisotopic (exact) mass is 413 g/mol. The summed E-state index contributed by atoms with van der Waals surface area (Å²) in [4.78, 5) is 20.4. The summed E-state index contributed by atoms with van der Waals surface area (Å²) in [7, 11) is 0. The van der Waals surface area contributed by atoms with Gasteiger partial charge in [0.2, 0.25) is 0 Å². The topological polar surface area (TPSA) is 75.2 Å². The van der Waals surface area contributed by atoms with Crippen molar-refractivity contribution in [1.29, 1.82) is 5.26 Å². The molecule has 2 aliphatic rings. The standard InChI is InChI=1S/C25H27N5O/c1-17-13-20(6-5-19(17)15-26)30-11-9-29(10-12-30)16-18-4-7-21-23(14-18)28-25(31)22-3-2-8-27-24(21)22/h4-7,13-14,27H,2-3,8-12,16H2,1H3,(H,28,31). The second-order valence-electron chi connectivity index (χ2n) is 8.59. The summed E-state index contributed by atoms with van der Waals surface area (Å²) in [6.07, 6.45) is 1.85. The summed E-state index contributed by atoms with van der Waals surface area (Å²) in [6, 6.07) is 14.8. The second-order valence-corrected chi connectivity index (χ2v) is 8.59. The molecule has 0 amide bonds. The van der Waals surface area contributed by atoms with Crippen molar-refractivity contribution in [3.05, 3.63) is 69.0 Å². The van der Waals surface area contributed by atoms with Gasteiger partial charge >= 0.3 is 0 Å². The lowest BCUT2D eigenvalue weighted by Crippen LogP contribution is -2.46. The Kier molecular flexibility index (Phi) is 5.13. The first-order valence-electron chi connectivity index (χ1n) is 11.0. The molecule has 0 unspecified atom stereocenters. The van der Waals surface area contributed by atoms with E-state index in [-0.39, 0.29) is 5.56 Å². The third kappa shape index (κ3) is 3.77. The lowest BCUT2D eigenvalue weighted by Gasteiger charge is -2.36. The van der Waals surface area contributed by atoms with Crippen LogP contribution in [0.5, 0.6) is 0 Å². The first kappa shape index (κ1) is 19.7. The van der Waals surface area contributed by atoms with Crippen molar-refractivity contribution in [1.82, 2.24) is 9.88 Å². The zero-order valence-corrected chi connectivity index (χ0v) is 17.9. The molecule has 0 radical (unpaired) electrons. The number of nitrogens with zero attached hydrogens (tertiary/aromatic N) is 3. The van der Waals surface area contributed by atoms with E-state index >= 15 is 0 Å². The molecular weight excluding hydrogens is 386 g/mol. The number of piperazine rings is 1. The van der Waals surface area contributed by atoms with Gasteiger partial charge in [-0.15, -0.1) is 0 Å². The number of hydrogen-bond acceptors (Lipinski definition) is 5. The highest BCUT2D eigenvalue weighted by atomic mass is 16.1. The zero-order chi connectivity index (χ0) is 21.4. The minimum Gasteiger partial charge on any atom is -0.384 e. The number of pyridine rings is 1. The van der Waals surface area contributed by atoms with E-state index in [1.807, 2.05) is 13.0 Å². The van der Waals surface area contributed by atoms with Crippen LogP contribution >= 0.6 is 0 Å². The van der Waals surface area contributed by atoms with E-state index in [0.29, 0.717) is 0 Å². The van der Waals surface area contributed by atoms with Crippen LogP contribution in [0.1, 0.15) is 28.7 Å². The normalized spacial score (nSPS) is 16.6. The van der Waals surface area contributed by atoms with E-state index in [2.05, 4.69) is 56.5 Å². The van der Waals surface area contributed by atoms with Gasteiger partial charge in [-0.3, -0.25) is 9.69 Å². The van der Waals surface area contributed by atoms with E-state index in [0.717, 1.165) is 85.4 Å². The Hall–Kier alpha value is -3.30. The van der Waals surface area contributed by atoms with Crippen molar-refractivity contribution < 1.29 is 0 Å². The molecule has 0 bridgehead atoms. The van der Waals surface area contributed by atoms with Gasteiger partial charge in [0, 0.05) is 55.9 Å². The van der Waals surface area contributed by atoms with Crippen molar-refractivity contribution in [3.63, 3.8) is 0 Å². The zero-order valence-electron chi connectivity index (χ0n) is 17.9. The number of nitrogens with one attached hydrogen (secondary N) is 2. The van der Waals surface area contributed by atoms with Crippen molar-refractivity contribution in [2.24, 2.45) is 0 Å². The average Bonchev–Trinajstić information content (AvgIpc) is 2.79. The van der Waals surface area contributed by atoms with Crippen LogP contribution in [0.2, 0.25) is 0 Å². The van der Waals surface area contributed by atoms with Gasteiger partial charge in [-0.1, -0.05) is 12.1 Å². The number of fused-ring (bicyclic) bond motifs is 3. The highest BCUT2D eigenvalue weighted by molar-refractivity contribution is 5.93. The molecule has 2 N–H and O–H groups in total. The van der Waals surface area contributed by atoms with E-state index in [9.17, 15) is 4.79 Å². The number of nitriles is 1. The van der Waals surface area contributed by atoms with Crippen molar-refractivity contribution in [3.8, 4) is 6.07 Å². The molecular formula is C25H27N5O. The van der Waals surface area contributed by atoms with Gasteiger partial charge in [0.05, 0.1) is 22.8 Å². The molecule has 0 spiro atoms. The molecule has 1 fully saturated rings. The predicted octanol–water partition coefficient (Wildman–Crippen LogP) is 3.39. The molecule has 0 aliphatic carbocycles. The lowest BCUT2D eigenvalue weighted by atomic mass is 10.0. The SMILES string of the molecule is Cc1cc(N2CCN(Cc3ccc4c5c(c(=O)[nH]c4c3)CCCN5)CC2)ccc1C#N. The highest BCUT2D eigenvalue weighted by Gasteiger charge is 2.19. The van der Waals surface area contributed by atoms with Crippen LogP contribution in [0, 0.1) is 18.3 Å². The second kappa shape index (κ2) is 8.09. The van der Waals surface area contributed by atoms with E-state index in [1.54, 1.807) is 0 Å². The molecule has 2 aromatic carbocycles. The van der Waals surface area contributed by atoms with Crippen LogP contribution in [0.4, 0.5) is 11.4 Å². The van der Waals surface area contributed by atoms with Gasteiger partial charge in [-0.05, 0) is 55.2 Å². The van der Waals surface area contributed by atoms with Crippen LogP contribution in [0.15, 0.2) is 41.2 Å². The maximum absolute atomic E-state index is 12.5. The number of aromatic amines is 1. The fourth-order valence-corrected chi connectivity index (χ4v) is 4.80. The molecule has 6 nitrogen and oxygen atoms in total. The van der Waals surface area contributed by atoms with Gasteiger partial charge < -0.3 is 15.2 Å². The minimum absolute atomic E-state index is 0.0400. The summed E-state index contributed by atoms with van der Waals surface area (Å²) in [5, 5.41) is 13.7. The number of benzene rings is 2. The third-order valence-electron chi connectivity index (χ3n) is 6.56. The van der Waals surface area contributed by atoms with Gasteiger partial charge in [-0.2, -0.15) is 5.26 Å². The summed E-state index contributed by atoms with van der Waals surface area (Å²) >= 11 is 0. The Morgan fingerprint density at radius 3 is 2.71 bits per heavy atom. The Bertz CT molecular complexity index is 1230. The van der Waals surface area contributed by atoms with E-state index in [4.69, 9.17) is 5.26 Å². The molecule has 158 valence electrons. The summed E-state index contributed by atoms with van der Waals surface area (Å²) < 4.78 is 0. The van der Waals surface area contributed by atoms with Gasteiger partial charge in [0.25, 0.3) is 5.56 Å². The largest absolute Gasteiger partial charge is 0.384 e. The minimum atomic E-state index is 0.0400. The number of rotatable bonds is 3. The van der Waals surface area contributed by atoms with Crippen molar-refractivity contribution in [2.75, 3.05) is 42.9 Å².